The molecule has 1 aliphatic rings. The Bertz CT molecular complexity index is 629. The Kier molecular flexibility index (Phi) is 7.91. The summed E-state index contributed by atoms with van der Waals surface area (Å²) in [6.07, 6.45) is 0.798. The van der Waals surface area contributed by atoms with Gasteiger partial charge in [0, 0.05) is 11.8 Å². The second kappa shape index (κ2) is 10.2. The maximum Gasteiger partial charge on any atom is 0.328 e. The molecule has 1 aromatic carbocycles. The summed E-state index contributed by atoms with van der Waals surface area (Å²) >= 11 is 0. The Morgan fingerprint density at radius 2 is 1.96 bits per heavy atom. The number of benzene rings is 1. The number of carbonyl (C=O) groups excluding carboxylic acids is 2. The van der Waals surface area contributed by atoms with Gasteiger partial charge in [0.2, 0.25) is 0 Å². The maximum absolute atomic E-state index is 12.4. The zero-order chi connectivity index (χ0) is 19.8. The van der Waals surface area contributed by atoms with Gasteiger partial charge in [-0.3, -0.25) is 4.79 Å². The van der Waals surface area contributed by atoms with Crippen LogP contribution in [0.5, 0.6) is 5.75 Å². The van der Waals surface area contributed by atoms with Crippen LogP contribution in [0.25, 0.3) is 0 Å². The highest BCUT2D eigenvalue weighted by atomic mass is 16.5. The molecule has 0 aromatic heterocycles. The molecule has 27 heavy (non-hydrogen) atoms. The Labute approximate surface area is 161 Å². The number of hydrogen-bond donors (Lipinski definition) is 2. The molecule has 0 radical (unpaired) electrons. The van der Waals surface area contributed by atoms with E-state index in [0.717, 1.165) is 44.0 Å². The Morgan fingerprint density at radius 1 is 1.26 bits per heavy atom. The van der Waals surface area contributed by atoms with Crippen molar-refractivity contribution in [2.45, 2.75) is 26.3 Å². The number of carbonyl (C=O) groups is 2. The van der Waals surface area contributed by atoms with Gasteiger partial charge < -0.3 is 24.6 Å². The fourth-order valence-electron chi connectivity index (χ4n) is 3.31. The highest BCUT2D eigenvalue weighted by molar-refractivity contribution is 5.85. The second-order valence-electron chi connectivity index (χ2n) is 7.07. The summed E-state index contributed by atoms with van der Waals surface area (Å²) in [4.78, 5) is 27.9. The van der Waals surface area contributed by atoms with Crippen molar-refractivity contribution in [1.82, 2.24) is 5.32 Å². The summed E-state index contributed by atoms with van der Waals surface area (Å²) < 4.78 is 10.1. The van der Waals surface area contributed by atoms with Crippen LogP contribution in [0.2, 0.25) is 0 Å². The minimum absolute atomic E-state index is 0.0429. The number of rotatable bonds is 8. The fraction of sp³-hybridized carbons (Fsp3) is 0.600. The molecule has 2 N–H and O–H groups in total. The van der Waals surface area contributed by atoms with Crippen LogP contribution in [0.3, 0.4) is 0 Å². The number of amides is 1. The van der Waals surface area contributed by atoms with Crippen LogP contribution in [0.4, 0.5) is 5.69 Å². The number of piperazine rings is 1. The molecule has 2 atom stereocenters. The molecule has 0 saturated carbocycles. The molecular weight excluding hydrogens is 346 g/mol. The third-order valence-electron chi connectivity index (χ3n) is 5.28. The first-order valence-corrected chi connectivity index (χ1v) is 9.58. The van der Waals surface area contributed by atoms with E-state index in [0.29, 0.717) is 6.54 Å². The molecule has 2 rings (SSSR count). The minimum Gasteiger partial charge on any atom is -0.497 e. The van der Waals surface area contributed by atoms with Crippen LogP contribution in [-0.2, 0) is 14.3 Å². The lowest BCUT2D eigenvalue weighted by Crippen LogP contribution is -3.16. The van der Waals surface area contributed by atoms with E-state index in [4.69, 9.17) is 9.47 Å². The quantitative estimate of drug-likeness (QED) is 0.628. The Balaban J connectivity index is 1.85. The third kappa shape index (κ3) is 5.85. The van der Waals surface area contributed by atoms with E-state index < -0.39 is 6.04 Å². The molecular formula is C20H32N3O4+. The number of nitrogens with one attached hydrogen (secondary N) is 2. The first-order chi connectivity index (χ1) is 13.0. The predicted octanol–water partition coefficient (Wildman–Crippen LogP) is 0.104. The fourth-order valence-corrected chi connectivity index (χ4v) is 3.31. The number of ether oxygens (including phenoxy) is 2. The van der Waals surface area contributed by atoms with E-state index in [1.54, 1.807) is 7.11 Å². The van der Waals surface area contributed by atoms with Crippen molar-refractivity contribution in [2.75, 3.05) is 51.8 Å². The van der Waals surface area contributed by atoms with Crippen LogP contribution in [0.1, 0.15) is 20.3 Å². The molecule has 150 valence electrons. The van der Waals surface area contributed by atoms with Gasteiger partial charge in [0.1, 0.15) is 11.8 Å². The van der Waals surface area contributed by atoms with Crippen molar-refractivity contribution < 1.29 is 24.0 Å². The highest BCUT2D eigenvalue weighted by Gasteiger charge is 2.29. The number of quaternary nitrogens is 1. The first-order valence-electron chi connectivity index (χ1n) is 9.58. The summed E-state index contributed by atoms with van der Waals surface area (Å²) in [7, 11) is 3.02. The number of hydrogen-bond acceptors (Lipinski definition) is 5. The predicted molar refractivity (Wildman–Crippen MR) is 104 cm³/mol. The van der Waals surface area contributed by atoms with E-state index in [-0.39, 0.29) is 17.8 Å². The summed E-state index contributed by atoms with van der Waals surface area (Å²) in [5.41, 5.74) is 1.14. The summed E-state index contributed by atoms with van der Waals surface area (Å²) in [6, 6.07) is 7.45. The van der Waals surface area contributed by atoms with E-state index in [1.165, 1.54) is 12.0 Å². The molecule has 0 bridgehead atoms. The van der Waals surface area contributed by atoms with E-state index >= 15 is 0 Å². The van der Waals surface area contributed by atoms with Gasteiger partial charge in [-0.05, 0) is 18.1 Å². The molecule has 1 saturated heterocycles. The van der Waals surface area contributed by atoms with Gasteiger partial charge >= 0.3 is 5.97 Å². The number of esters is 1. The number of anilines is 1. The minimum atomic E-state index is -0.579. The van der Waals surface area contributed by atoms with Crippen molar-refractivity contribution in [2.24, 2.45) is 5.92 Å². The largest absolute Gasteiger partial charge is 0.497 e. The molecule has 0 aliphatic carbocycles. The van der Waals surface area contributed by atoms with Gasteiger partial charge in [0.15, 0.2) is 6.54 Å². The molecule has 0 spiro atoms. The molecule has 1 fully saturated rings. The average Bonchev–Trinajstić information content (AvgIpc) is 2.71. The van der Waals surface area contributed by atoms with Gasteiger partial charge in [-0.1, -0.05) is 26.3 Å². The van der Waals surface area contributed by atoms with Crippen LogP contribution in [0.15, 0.2) is 24.3 Å². The van der Waals surface area contributed by atoms with Gasteiger partial charge in [-0.25, -0.2) is 4.79 Å². The number of nitrogens with zero attached hydrogens (tertiary/aromatic N) is 1. The van der Waals surface area contributed by atoms with Crippen LogP contribution in [-0.4, -0.2) is 64.9 Å². The molecule has 7 nitrogen and oxygen atoms in total. The lowest BCUT2D eigenvalue weighted by molar-refractivity contribution is -0.892. The van der Waals surface area contributed by atoms with Crippen molar-refractivity contribution in [1.29, 1.82) is 0 Å². The summed E-state index contributed by atoms with van der Waals surface area (Å²) in [6.45, 7) is 7.81. The van der Waals surface area contributed by atoms with Crippen LogP contribution >= 0.6 is 0 Å². The van der Waals surface area contributed by atoms with Gasteiger partial charge in [-0.15, -0.1) is 0 Å². The molecule has 0 unspecified atom stereocenters. The van der Waals surface area contributed by atoms with E-state index in [1.807, 2.05) is 32.0 Å². The Hall–Kier alpha value is -2.28. The first kappa shape index (κ1) is 21.0. The monoisotopic (exact) mass is 378 g/mol. The Morgan fingerprint density at radius 3 is 2.56 bits per heavy atom. The molecule has 7 heteroatoms. The lowest BCUT2D eigenvalue weighted by atomic mass is 9.99. The van der Waals surface area contributed by atoms with Gasteiger partial charge in [0.25, 0.3) is 5.91 Å². The lowest BCUT2D eigenvalue weighted by Gasteiger charge is -2.33. The van der Waals surface area contributed by atoms with E-state index in [2.05, 4.69) is 16.3 Å². The molecule has 1 aliphatic heterocycles. The number of methoxy groups -OCH3 is 2. The average molecular weight is 378 g/mol. The second-order valence-corrected chi connectivity index (χ2v) is 7.07. The standard InChI is InChI=1S/C20H31N3O4/c1-5-15(2)19(20(25)27-4)21-18(24)14-22-9-11-23(12-10-22)16-7-6-8-17(13-16)26-3/h6-8,13,15,19H,5,9-12,14H2,1-4H3,(H,21,24)/p+1/t15-,19-/m1/s1. The van der Waals surface area contributed by atoms with Gasteiger partial charge in [0.05, 0.1) is 40.4 Å². The highest BCUT2D eigenvalue weighted by Crippen LogP contribution is 2.20. The van der Waals surface area contributed by atoms with E-state index in [9.17, 15) is 9.59 Å². The molecule has 1 aromatic rings. The smallest absolute Gasteiger partial charge is 0.328 e. The zero-order valence-corrected chi connectivity index (χ0v) is 16.8. The van der Waals surface area contributed by atoms with Gasteiger partial charge in [-0.2, -0.15) is 0 Å². The summed E-state index contributed by atoms with van der Waals surface area (Å²) in [5.74, 6) is 0.410. The topological polar surface area (TPSA) is 72.3 Å². The van der Waals surface area contributed by atoms with Crippen LogP contribution < -0.4 is 19.9 Å². The zero-order valence-electron chi connectivity index (χ0n) is 16.8. The van der Waals surface area contributed by atoms with Crippen molar-refractivity contribution in [3.05, 3.63) is 24.3 Å². The molecule has 1 amide bonds. The van der Waals surface area contributed by atoms with Crippen molar-refractivity contribution in [3.8, 4) is 5.75 Å². The SMILES string of the molecule is CC[C@@H](C)[C@@H](NC(=O)C[NH+]1CCN(c2cccc(OC)c2)CC1)C(=O)OC. The van der Waals surface area contributed by atoms with Crippen LogP contribution in [0, 0.1) is 5.92 Å². The van der Waals surface area contributed by atoms with Crippen molar-refractivity contribution >= 4 is 17.6 Å². The molecule has 1 heterocycles. The van der Waals surface area contributed by atoms with Crippen molar-refractivity contribution in [3.63, 3.8) is 0 Å². The summed E-state index contributed by atoms with van der Waals surface area (Å²) in [5, 5.41) is 2.86. The third-order valence-corrected chi connectivity index (χ3v) is 5.28. The maximum atomic E-state index is 12.4. The normalized spacial score (nSPS) is 17.1.